The molecule has 15 heavy (non-hydrogen) atoms. The van der Waals surface area contributed by atoms with Gasteiger partial charge in [0.05, 0.1) is 13.4 Å². The van der Waals surface area contributed by atoms with Gasteiger partial charge in [-0.15, -0.1) is 11.8 Å². The standard InChI is InChI=1S/C10H15NO3S/c1-7-9(3-5-14-7)15-6-4-8(11)10(12)13-2/h3,5,8H,4,6,11H2,1-2H3. The topological polar surface area (TPSA) is 65.5 Å². The smallest absolute Gasteiger partial charge is 0.322 e. The van der Waals surface area contributed by atoms with Gasteiger partial charge in [-0.3, -0.25) is 4.79 Å². The quantitative estimate of drug-likeness (QED) is 0.613. The summed E-state index contributed by atoms with van der Waals surface area (Å²) < 4.78 is 9.68. The number of thioether (sulfide) groups is 1. The lowest BCUT2D eigenvalue weighted by atomic mass is 10.2. The van der Waals surface area contributed by atoms with Crippen LogP contribution >= 0.6 is 11.8 Å². The molecule has 5 heteroatoms. The molecule has 4 nitrogen and oxygen atoms in total. The molecule has 1 aromatic rings. The van der Waals surface area contributed by atoms with E-state index < -0.39 is 6.04 Å². The van der Waals surface area contributed by atoms with Gasteiger partial charge in [0, 0.05) is 10.6 Å². The lowest BCUT2D eigenvalue weighted by Crippen LogP contribution is -2.31. The third-order valence-electron chi connectivity index (χ3n) is 2.00. The minimum atomic E-state index is -0.533. The van der Waals surface area contributed by atoms with E-state index >= 15 is 0 Å². The molecule has 1 aromatic heterocycles. The molecule has 1 rings (SSSR count). The second-order valence-electron chi connectivity index (χ2n) is 3.11. The van der Waals surface area contributed by atoms with Crippen LogP contribution in [-0.2, 0) is 9.53 Å². The molecule has 1 atom stereocenters. The van der Waals surface area contributed by atoms with Crippen molar-refractivity contribution in [3.63, 3.8) is 0 Å². The number of rotatable bonds is 5. The summed E-state index contributed by atoms with van der Waals surface area (Å²) in [6.07, 6.45) is 2.25. The maximum absolute atomic E-state index is 11.0. The molecule has 84 valence electrons. The van der Waals surface area contributed by atoms with Gasteiger partial charge in [-0.25, -0.2) is 0 Å². The van der Waals surface area contributed by atoms with Crippen molar-refractivity contribution in [3.8, 4) is 0 Å². The maximum atomic E-state index is 11.0. The van der Waals surface area contributed by atoms with Gasteiger partial charge >= 0.3 is 5.97 Å². The summed E-state index contributed by atoms with van der Waals surface area (Å²) in [5.41, 5.74) is 5.59. The van der Waals surface area contributed by atoms with Crippen LogP contribution in [0.4, 0.5) is 0 Å². The lowest BCUT2D eigenvalue weighted by molar-refractivity contribution is -0.142. The minimum absolute atomic E-state index is 0.362. The second-order valence-corrected chi connectivity index (χ2v) is 4.24. The van der Waals surface area contributed by atoms with Crippen molar-refractivity contribution in [1.82, 2.24) is 0 Å². The van der Waals surface area contributed by atoms with Crippen molar-refractivity contribution in [2.45, 2.75) is 24.3 Å². The number of hydrogen-bond acceptors (Lipinski definition) is 5. The number of methoxy groups -OCH3 is 1. The molecule has 0 saturated carbocycles. The van der Waals surface area contributed by atoms with Crippen molar-refractivity contribution < 1.29 is 13.9 Å². The summed E-state index contributed by atoms with van der Waals surface area (Å²) >= 11 is 1.63. The van der Waals surface area contributed by atoms with Crippen LogP contribution in [0.3, 0.4) is 0 Å². The van der Waals surface area contributed by atoms with Crippen molar-refractivity contribution in [3.05, 3.63) is 18.1 Å². The summed E-state index contributed by atoms with van der Waals surface area (Å²) in [7, 11) is 1.34. The zero-order chi connectivity index (χ0) is 11.3. The predicted octanol–water partition coefficient (Wildman–Crippen LogP) is 1.57. The highest BCUT2D eigenvalue weighted by molar-refractivity contribution is 7.99. The van der Waals surface area contributed by atoms with Crippen LogP contribution < -0.4 is 5.73 Å². The van der Waals surface area contributed by atoms with Crippen LogP contribution in [0.25, 0.3) is 0 Å². The Labute approximate surface area is 93.2 Å². The van der Waals surface area contributed by atoms with Crippen LogP contribution in [-0.4, -0.2) is 24.9 Å². The number of carbonyl (C=O) groups is 1. The third kappa shape index (κ3) is 3.60. The SMILES string of the molecule is COC(=O)C(N)CCSc1ccoc1C. The van der Waals surface area contributed by atoms with Gasteiger partial charge in [0.2, 0.25) is 0 Å². The number of ether oxygens (including phenoxy) is 1. The van der Waals surface area contributed by atoms with Crippen LogP contribution in [0.1, 0.15) is 12.2 Å². The molecule has 0 amide bonds. The highest BCUT2D eigenvalue weighted by Gasteiger charge is 2.13. The summed E-state index contributed by atoms with van der Waals surface area (Å²) in [4.78, 5) is 12.1. The van der Waals surface area contributed by atoms with Crippen molar-refractivity contribution in [2.24, 2.45) is 5.73 Å². The monoisotopic (exact) mass is 229 g/mol. The molecule has 0 bridgehead atoms. The predicted molar refractivity (Wildman–Crippen MR) is 58.8 cm³/mol. The van der Waals surface area contributed by atoms with E-state index in [9.17, 15) is 4.79 Å². The molecule has 0 radical (unpaired) electrons. The van der Waals surface area contributed by atoms with E-state index in [2.05, 4.69) is 4.74 Å². The second kappa shape index (κ2) is 5.82. The largest absolute Gasteiger partial charge is 0.468 e. The van der Waals surface area contributed by atoms with E-state index in [0.29, 0.717) is 6.42 Å². The van der Waals surface area contributed by atoms with Crippen LogP contribution in [0.2, 0.25) is 0 Å². The van der Waals surface area contributed by atoms with Gasteiger partial charge in [-0.2, -0.15) is 0 Å². The first-order chi connectivity index (χ1) is 7.15. The number of aryl methyl sites for hydroxylation is 1. The summed E-state index contributed by atoms with van der Waals surface area (Å²) in [6.45, 7) is 1.91. The first-order valence-electron chi connectivity index (χ1n) is 4.65. The maximum Gasteiger partial charge on any atom is 0.322 e. The molecule has 0 saturated heterocycles. The first-order valence-corrected chi connectivity index (χ1v) is 5.64. The Morgan fingerprint density at radius 3 is 3.00 bits per heavy atom. The molecule has 0 fully saturated rings. The van der Waals surface area contributed by atoms with Gasteiger partial charge in [0.25, 0.3) is 0 Å². The summed E-state index contributed by atoms with van der Waals surface area (Å²) in [6, 6.07) is 1.37. The third-order valence-corrected chi connectivity index (χ3v) is 3.18. The molecule has 0 aliphatic heterocycles. The van der Waals surface area contributed by atoms with Crippen molar-refractivity contribution >= 4 is 17.7 Å². The normalized spacial score (nSPS) is 12.5. The van der Waals surface area contributed by atoms with Crippen LogP contribution in [0.15, 0.2) is 21.6 Å². The highest BCUT2D eigenvalue weighted by atomic mass is 32.2. The molecular formula is C10H15NO3S. The fraction of sp³-hybridized carbons (Fsp3) is 0.500. The molecule has 2 N–H and O–H groups in total. The summed E-state index contributed by atoms with van der Waals surface area (Å²) in [5.74, 6) is 1.31. The Kier molecular flexibility index (Phi) is 4.71. The van der Waals surface area contributed by atoms with Gasteiger partial charge in [0.15, 0.2) is 0 Å². The van der Waals surface area contributed by atoms with Gasteiger partial charge in [0.1, 0.15) is 11.8 Å². The van der Waals surface area contributed by atoms with E-state index in [0.717, 1.165) is 16.4 Å². The molecule has 0 aromatic carbocycles. The first kappa shape index (κ1) is 12.1. The highest BCUT2D eigenvalue weighted by Crippen LogP contribution is 2.23. The van der Waals surface area contributed by atoms with Crippen LogP contribution in [0.5, 0.6) is 0 Å². The fourth-order valence-electron chi connectivity index (χ4n) is 1.09. The molecule has 1 unspecified atom stereocenters. The average molecular weight is 229 g/mol. The fourth-order valence-corrected chi connectivity index (χ4v) is 2.08. The Morgan fingerprint density at radius 2 is 2.47 bits per heavy atom. The average Bonchev–Trinajstić information content (AvgIpc) is 2.63. The number of hydrogen-bond donors (Lipinski definition) is 1. The van der Waals surface area contributed by atoms with E-state index in [-0.39, 0.29) is 5.97 Å². The Morgan fingerprint density at radius 1 is 1.73 bits per heavy atom. The van der Waals surface area contributed by atoms with Crippen molar-refractivity contribution in [2.75, 3.05) is 12.9 Å². The van der Waals surface area contributed by atoms with E-state index in [4.69, 9.17) is 10.2 Å². The van der Waals surface area contributed by atoms with Crippen molar-refractivity contribution in [1.29, 1.82) is 0 Å². The zero-order valence-corrected chi connectivity index (χ0v) is 9.67. The number of esters is 1. The number of furan rings is 1. The molecule has 0 aliphatic carbocycles. The molecule has 0 spiro atoms. The molecule has 0 aliphatic rings. The van der Waals surface area contributed by atoms with Gasteiger partial charge in [-0.05, 0) is 19.4 Å². The van der Waals surface area contributed by atoms with E-state index in [1.54, 1.807) is 18.0 Å². The minimum Gasteiger partial charge on any atom is -0.468 e. The summed E-state index contributed by atoms with van der Waals surface area (Å²) in [5, 5.41) is 0. The Balaban J connectivity index is 2.28. The molecule has 1 heterocycles. The lowest BCUT2D eigenvalue weighted by Gasteiger charge is -2.07. The molecular weight excluding hydrogens is 214 g/mol. The number of nitrogens with two attached hydrogens (primary N) is 1. The van der Waals surface area contributed by atoms with E-state index in [1.165, 1.54) is 7.11 Å². The number of carbonyl (C=O) groups excluding carboxylic acids is 1. The van der Waals surface area contributed by atoms with Gasteiger partial charge in [-0.1, -0.05) is 0 Å². The van der Waals surface area contributed by atoms with Gasteiger partial charge < -0.3 is 14.9 Å². The Bertz CT molecular complexity index is 324. The zero-order valence-electron chi connectivity index (χ0n) is 8.86. The Hall–Kier alpha value is -0.940. The van der Waals surface area contributed by atoms with E-state index in [1.807, 2.05) is 13.0 Å². The van der Waals surface area contributed by atoms with Crippen LogP contribution in [0, 0.1) is 6.92 Å².